The average molecular weight is 537 g/mol. The number of hydrogen-bond donors (Lipinski definition) is 0. The molecule has 4 nitrogen and oxygen atoms in total. The lowest BCUT2D eigenvalue weighted by molar-refractivity contribution is -0.137. The Kier molecular flexibility index (Phi) is 8.57. The van der Waals surface area contributed by atoms with Gasteiger partial charge >= 0.3 is 6.18 Å². The first-order valence-electron chi connectivity index (χ1n) is 11.5. The third-order valence-electron chi connectivity index (χ3n) is 6.15. The zero-order valence-electron chi connectivity index (χ0n) is 19.3. The van der Waals surface area contributed by atoms with Crippen LogP contribution in [-0.4, -0.2) is 48.4 Å². The molecule has 1 atom stereocenters. The fourth-order valence-corrected chi connectivity index (χ4v) is 4.31. The lowest BCUT2D eigenvalue weighted by Gasteiger charge is -2.36. The minimum atomic E-state index is -4.37. The van der Waals surface area contributed by atoms with E-state index in [0.717, 1.165) is 17.7 Å². The van der Waals surface area contributed by atoms with Crippen LogP contribution >= 0.6 is 23.2 Å². The van der Waals surface area contributed by atoms with E-state index in [4.69, 9.17) is 27.9 Å². The maximum absolute atomic E-state index is 12.9. The van der Waals surface area contributed by atoms with Gasteiger partial charge < -0.3 is 9.64 Å². The Morgan fingerprint density at radius 2 is 1.39 bits per heavy atom. The Bertz CT molecular complexity index is 1150. The number of carbonyl (C=O) groups is 1. The molecule has 4 rings (SSSR count). The van der Waals surface area contributed by atoms with Gasteiger partial charge in [-0.1, -0.05) is 47.5 Å². The first-order valence-corrected chi connectivity index (χ1v) is 12.2. The van der Waals surface area contributed by atoms with Gasteiger partial charge in [-0.3, -0.25) is 9.69 Å². The van der Waals surface area contributed by atoms with Gasteiger partial charge in [-0.15, -0.1) is 0 Å². The largest absolute Gasteiger partial charge is 0.416 e. The molecule has 0 aliphatic carbocycles. The summed E-state index contributed by atoms with van der Waals surface area (Å²) < 4.78 is 44.8. The minimum absolute atomic E-state index is 0.0286. The van der Waals surface area contributed by atoms with Crippen molar-refractivity contribution in [3.05, 3.63) is 105 Å². The van der Waals surface area contributed by atoms with Gasteiger partial charge in [-0.05, 0) is 59.7 Å². The van der Waals surface area contributed by atoms with Crippen LogP contribution in [-0.2, 0) is 17.5 Å². The molecule has 9 heteroatoms. The highest BCUT2D eigenvalue weighted by Gasteiger charge is 2.30. The maximum Gasteiger partial charge on any atom is 0.416 e. The molecule has 0 bridgehead atoms. The molecule has 3 aromatic carbocycles. The summed E-state index contributed by atoms with van der Waals surface area (Å²) in [5, 5.41) is 1.19. The fourth-order valence-electron chi connectivity index (χ4n) is 4.06. The second-order valence-electron chi connectivity index (χ2n) is 8.65. The van der Waals surface area contributed by atoms with Crippen molar-refractivity contribution in [3.63, 3.8) is 0 Å². The van der Waals surface area contributed by atoms with Crippen molar-refractivity contribution < 1.29 is 22.7 Å². The fraction of sp³-hybridized carbons (Fsp3) is 0.296. The van der Waals surface area contributed by atoms with E-state index in [1.165, 1.54) is 12.1 Å². The van der Waals surface area contributed by atoms with Crippen molar-refractivity contribution in [2.45, 2.75) is 18.9 Å². The summed E-state index contributed by atoms with van der Waals surface area (Å²) in [6, 6.07) is 19.2. The third-order valence-corrected chi connectivity index (χ3v) is 6.65. The lowest BCUT2D eigenvalue weighted by atomic mass is 10.1. The van der Waals surface area contributed by atoms with E-state index >= 15 is 0 Å². The molecule has 0 spiro atoms. The molecule has 1 aliphatic heterocycles. The van der Waals surface area contributed by atoms with Gasteiger partial charge in [0.15, 0.2) is 0 Å². The molecule has 36 heavy (non-hydrogen) atoms. The average Bonchev–Trinajstić information content (AvgIpc) is 2.87. The highest BCUT2D eigenvalue weighted by Crippen LogP contribution is 2.30. The first kappa shape index (κ1) is 26.5. The zero-order valence-corrected chi connectivity index (χ0v) is 20.9. The molecular weight excluding hydrogens is 512 g/mol. The molecule has 1 fully saturated rings. The molecule has 1 unspecified atom stereocenters. The second-order valence-corrected chi connectivity index (χ2v) is 9.52. The molecule has 190 valence electrons. The van der Waals surface area contributed by atoms with Crippen LogP contribution in [0.2, 0.25) is 10.0 Å². The maximum atomic E-state index is 12.9. The predicted octanol–water partition coefficient (Wildman–Crippen LogP) is 6.73. The molecular formula is C27H25Cl2F3N2O2. The van der Waals surface area contributed by atoms with Crippen LogP contribution in [0.25, 0.3) is 0 Å². The van der Waals surface area contributed by atoms with E-state index in [2.05, 4.69) is 4.90 Å². The van der Waals surface area contributed by atoms with E-state index in [-0.39, 0.29) is 18.6 Å². The molecule has 1 amide bonds. The molecule has 0 aromatic heterocycles. The number of piperazine rings is 1. The SMILES string of the molecule is O=C(c1ccc(Cl)cc1)N1CCN(CC(OCc2ccc(C(F)(F)F)cc2)c2ccc(Cl)cc2)CC1. The van der Waals surface area contributed by atoms with E-state index in [0.29, 0.717) is 53.9 Å². The van der Waals surface area contributed by atoms with Crippen molar-refractivity contribution in [2.75, 3.05) is 32.7 Å². The molecule has 1 aliphatic rings. The van der Waals surface area contributed by atoms with Gasteiger partial charge in [0.2, 0.25) is 0 Å². The van der Waals surface area contributed by atoms with Crippen LogP contribution in [0.3, 0.4) is 0 Å². The zero-order chi connectivity index (χ0) is 25.7. The quantitative estimate of drug-likeness (QED) is 0.335. The number of hydrogen-bond acceptors (Lipinski definition) is 3. The predicted molar refractivity (Wildman–Crippen MR) is 134 cm³/mol. The van der Waals surface area contributed by atoms with Gasteiger partial charge in [0, 0.05) is 48.3 Å². The van der Waals surface area contributed by atoms with E-state index in [1.54, 1.807) is 36.4 Å². The van der Waals surface area contributed by atoms with Gasteiger partial charge in [0.25, 0.3) is 5.91 Å². The van der Waals surface area contributed by atoms with Crippen molar-refractivity contribution in [1.29, 1.82) is 0 Å². The number of carbonyl (C=O) groups excluding carboxylic acids is 1. The van der Waals surface area contributed by atoms with Crippen molar-refractivity contribution in [1.82, 2.24) is 9.80 Å². The third kappa shape index (κ3) is 7.01. The Labute approximate surface area is 218 Å². The second kappa shape index (κ2) is 11.6. The number of benzene rings is 3. The smallest absolute Gasteiger partial charge is 0.368 e. The summed E-state index contributed by atoms with van der Waals surface area (Å²) in [5.74, 6) is -0.0286. The molecule has 0 N–H and O–H groups in total. The molecule has 0 saturated carbocycles. The topological polar surface area (TPSA) is 32.8 Å². The van der Waals surface area contributed by atoms with Gasteiger partial charge in [-0.25, -0.2) is 0 Å². The molecule has 3 aromatic rings. The molecule has 1 saturated heterocycles. The van der Waals surface area contributed by atoms with E-state index < -0.39 is 11.7 Å². The highest BCUT2D eigenvalue weighted by molar-refractivity contribution is 6.30. The summed E-state index contributed by atoms with van der Waals surface area (Å²) in [4.78, 5) is 16.8. The minimum Gasteiger partial charge on any atom is -0.368 e. The number of halogens is 5. The Morgan fingerprint density at radius 3 is 1.94 bits per heavy atom. The van der Waals surface area contributed by atoms with Crippen molar-refractivity contribution >= 4 is 29.1 Å². The molecule has 1 heterocycles. The first-order chi connectivity index (χ1) is 17.2. The van der Waals surface area contributed by atoms with Crippen LogP contribution in [0.1, 0.15) is 33.2 Å². The van der Waals surface area contributed by atoms with Crippen LogP contribution < -0.4 is 0 Å². The monoisotopic (exact) mass is 536 g/mol. The number of amides is 1. The van der Waals surface area contributed by atoms with Gasteiger partial charge in [0.1, 0.15) is 0 Å². The highest BCUT2D eigenvalue weighted by atomic mass is 35.5. The number of alkyl halides is 3. The van der Waals surface area contributed by atoms with Crippen LogP contribution in [0.4, 0.5) is 13.2 Å². The van der Waals surface area contributed by atoms with E-state index in [9.17, 15) is 18.0 Å². The Hall–Kier alpha value is -2.58. The van der Waals surface area contributed by atoms with Crippen LogP contribution in [0.5, 0.6) is 0 Å². The van der Waals surface area contributed by atoms with E-state index in [1.807, 2.05) is 17.0 Å². The van der Waals surface area contributed by atoms with Crippen molar-refractivity contribution in [3.8, 4) is 0 Å². The number of nitrogens with zero attached hydrogens (tertiary/aromatic N) is 2. The Balaban J connectivity index is 1.38. The standard InChI is InChI=1S/C27H25Cl2F3N2O2/c28-23-9-3-20(4-10-23)25(36-18-19-1-7-22(8-2-19)27(30,31)32)17-33-13-15-34(16-14-33)26(35)21-5-11-24(29)12-6-21/h1-12,25H,13-18H2. The van der Waals surface area contributed by atoms with Gasteiger partial charge in [-0.2, -0.15) is 13.2 Å². The lowest BCUT2D eigenvalue weighted by Crippen LogP contribution is -2.49. The van der Waals surface area contributed by atoms with Crippen molar-refractivity contribution in [2.24, 2.45) is 0 Å². The Morgan fingerprint density at radius 1 is 0.833 bits per heavy atom. The summed E-state index contributed by atoms with van der Waals surface area (Å²) in [6.45, 7) is 3.24. The molecule has 0 radical (unpaired) electrons. The summed E-state index contributed by atoms with van der Waals surface area (Å²) >= 11 is 12.0. The van der Waals surface area contributed by atoms with Crippen LogP contribution in [0.15, 0.2) is 72.8 Å². The summed E-state index contributed by atoms with van der Waals surface area (Å²) in [5.41, 5.74) is 1.49. The summed E-state index contributed by atoms with van der Waals surface area (Å²) in [6.07, 6.45) is -4.69. The number of rotatable bonds is 7. The normalized spacial score (nSPS) is 15.6. The van der Waals surface area contributed by atoms with Crippen LogP contribution in [0, 0.1) is 0 Å². The number of ether oxygens (including phenoxy) is 1. The summed E-state index contributed by atoms with van der Waals surface area (Å²) in [7, 11) is 0. The van der Waals surface area contributed by atoms with Gasteiger partial charge in [0.05, 0.1) is 18.3 Å².